The van der Waals surface area contributed by atoms with Crippen LogP contribution in [0.3, 0.4) is 0 Å². The molecule has 0 radical (unpaired) electrons. The summed E-state index contributed by atoms with van der Waals surface area (Å²) in [6.45, 7) is 0. The number of thioether (sulfide) groups is 1. The summed E-state index contributed by atoms with van der Waals surface area (Å²) in [6.07, 6.45) is 0. The van der Waals surface area contributed by atoms with Crippen LogP contribution in [0.25, 0.3) is 0 Å². The van der Waals surface area contributed by atoms with E-state index in [4.69, 9.17) is 11.1 Å². The van der Waals surface area contributed by atoms with E-state index in [0.717, 1.165) is 11.8 Å². The minimum atomic E-state index is -0.434. The average Bonchev–Trinajstić information content (AvgIpc) is 2.15. The highest BCUT2D eigenvalue weighted by Crippen LogP contribution is 2.22. The highest BCUT2D eigenvalue weighted by atomic mass is 32.2. The number of hydrogen-bond donors (Lipinski definition) is 2. The summed E-state index contributed by atoms with van der Waals surface area (Å²) in [6, 6.07) is 6.44. The van der Waals surface area contributed by atoms with Crippen molar-refractivity contribution in [1.29, 1.82) is 5.41 Å². The first-order chi connectivity index (χ1) is 6.61. The number of benzene rings is 1. The number of nitro groups is 1. The number of amidine groups is 1. The number of rotatable bonds is 3. The lowest BCUT2D eigenvalue weighted by molar-refractivity contribution is -0.385. The smallest absolute Gasteiger partial charge is 0.273 e. The summed E-state index contributed by atoms with van der Waals surface area (Å²) in [4.78, 5) is 10.1. The van der Waals surface area contributed by atoms with Gasteiger partial charge in [-0.2, -0.15) is 0 Å². The molecule has 0 unspecified atom stereocenters. The quantitative estimate of drug-likeness (QED) is 0.344. The maximum atomic E-state index is 10.6. The van der Waals surface area contributed by atoms with E-state index in [2.05, 4.69) is 0 Å². The summed E-state index contributed by atoms with van der Waals surface area (Å²) >= 11 is 1.07. The van der Waals surface area contributed by atoms with Crippen molar-refractivity contribution in [2.75, 3.05) is 0 Å². The zero-order chi connectivity index (χ0) is 10.6. The van der Waals surface area contributed by atoms with Gasteiger partial charge < -0.3 is 5.73 Å². The van der Waals surface area contributed by atoms with E-state index < -0.39 is 4.92 Å². The van der Waals surface area contributed by atoms with Gasteiger partial charge in [0.25, 0.3) is 5.69 Å². The molecule has 6 heteroatoms. The Morgan fingerprint density at radius 1 is 1.57 bits per heavy atom. The monoisotopic (exact) mass is 211 g/mol. The number of hydrogen-bond acceptors (Lipinski definition) is 4. The Labute approximate surface area is 85.0 Å². The molecule has 0 aliphatic heterocycles. The lowest BCUT2D eigenvalue weighted by Crippen LogP contribution is -2.04. The van der Waals surface area contributed by atoms with Crippen molar-refractivity contribution >= 4 is 22.6 Å². The lowest BCUT2D eigenvalue weighted by Gasteiger charge is -2.00. The molecule has 0 spiro atoms. The molecule has 0 saturated heterocycles. The molecular weight excluding hydrogens is 202 g/mol. The van der Waals surface area contributed by atoms with Crippen molar-refractivity contribution in [2.45, 2.75) is 5.75 Å². The maximum Gasteiger partial charge on any atom is 0.273 e. The molecule has 0 fully saturated rings. The Morgan fingerprint density at radius 3 is 2.79 bits per heavy atom. The van der Waals surface area contributed by atoms with E-state index in [1.54, 1.807) is 18.2 Å². The molecule has 1 aromatic rings. The van der Waals surface area contributed by atoms with E-state index >= 15 is 0 Å². The first-order valence-corrected chi connectivity index (χ1v) is 4.79. The Morgan fingerprint density at radius 2 is 2.21 bits per heavy atom. The predicted molar refractivity (Wildman–Crippen MR) is 56.3 cm³/mol. The van der Waals surface area contributed by atoms with E-state index in [0.29, 0.717) is 11.3 Å². The molecule has 0 aromatic heterocycles. The number of para-hydroxylation sites is 1. The fourth-order valence-corrected chi connectivity index (χ4v) is 1.52. The van der Waals surface area contributed by atoms with Crippen molar-refractivity contribution in [3.8, 4) is 0 Å². The largest absolute Gasteiger partial charge is 0.379 e. The molecular formula is C8H9N3O2S. The molecule has 0 bridgehead atoms. The molecule has 74 valence electrons. The van der Waals surface area contributed by atoms with Crippen LogP contribution in [0.5, 0.6) is 0 Å². The van der Waals surface area contributed by atoms with Crippen molar-refractivity contribution in [2.24, 2.45) is 5.73 Å². The normalized spacial score (nSPS) is 9.71. The third-order valence-electron chi connectivity index (χ3n) is 1.57. The van der Waals surface area contributed by atoms with Crippen LogP contribution in [0.2, 0.25) is 0 Å². The van der Waals surface area contributed by atoms with Crippen LogP contribution in [0.1, 0.15) is 5.56 Å². The van der Waals surface area contributed by atoms with E-state index in [1.165, 1.54) is 6.07 Å². The zero-order valence-corrected chi connectivity index (χ0v) is 8.08. The fourth-order valence-electron chi connectivity index (χ4n) is 0.966. The average molecular weight is 211 g/mol. The molecule has 3 N–H and O–H groups in total. The van der Waals surface area contributed by atoms with Gasteiger partial charge >= 0.3 is 0 Å². The number of nitrogens with two attached hydrogens (primary N) is 1. The van der Waals surface area contributed by atoms with Gasteiger partial charge in [-0.3, -0.25) is 15.5 Å². The first-order valence-electron chi connectivity index (χ1n) is 3.80. The molecule has 0 aliphatic carbocycles. The Hall–Kier alpha value is -1.56. The summed E-state index contributed by atoms with van der Waals surface area (Å²) in [7, 11) is 0. The van der Waals surface area contributed by atoms with Crippen molar-refractivity contribution in [1.82, 2.24) is 0 Å². The minimum absolute atomic E-state index is 0.0387. The number of nitro benzene ring substituents is 1. The molecule has 1 aromatic carbocycles. The molecule has 1 rings (SSSR count). The van der Waals surface area contributed by atoms with Gasteiger partial charge in [-0.05, 0) is 0 Å². The topological polar surface area (TPSA) is 93.0 Å². The van der Waals surface area contributed by atoms with Crippen LogP contribution < -0.4 is 5.73 Å². The van der Waals surface area contributed by atoms with Gasteiger partial charge in [0.2, 0.25) is 0 Å². The second-order valence-corrected chi connectivity index (χ2v) is 3.56. The molecule has 0 aliphatic rings. The molecule has 0 amide bonds. The molecule has 0 atom stereocenters. The summed E-state index contributed by atoms with van der Waals surface area (Å²) in [5, 5.41) is 17.5. The van der Waals surface area contributed by atoms with Gasteiger partial charge in [0.15, 0.2) is 5.17 Å². The number of nitrogens with one attached hydrogen (secondary N) is 1. The van der Waals surface area contributed by atoms with E-state index in [1.807, 2.05) is 0 Å². The molecule has 5 nitrogen and oxygen atoms in total. The summed E-state index contributed by atoms with van der Waals surface area (Å²) < 4.78 is 0. The van der Waals surface area contributed by atoms with E-state index in [9.17, 15) is 10.1 Å². The van der Waals surface area contributed by atoms with E-state index in [-0.39, 0.29) is 10.9 Å². The van der Waals surface area contributed by atoms with Gasteiger partial charge in [0, 0.05) is 17.4 Å². The Kier molecular flexibility index (Phi) is 3.47. The third-order valence-corrected chi connectivity index (χ3v) is 2.34. The van der Waals surface area contributed by atoms with Crippen LogP contribution in [0.4, 0.5) is 5.69 Å². The van der Waals surface area contributed by atoms with Gasteiger partial charge in [0.1, 0.15) is 0 Å². The SMILES string of the molecule is N=C(N)SCc1ccccc1[N+](=O)[O-]. The fraction of sp³-hybridized carbons (Fsp3) is 0.125. The van der Waals surface area contributed by atoms with Gasteiger partial charge in [0.05, 0.1) is 4.92 Å². The van der Waals surface area contributed by atoms with Crippen LogP contribution in [-0.2, 0) is 5.75 Å². The molecule has 0 saturated carbocycles. The van der Waals surface area contributed by atoms with Gasteiger partial charge in [-0.25, -0.2) is 0 Å². The summed E-state index contributed by atoms with van der Waals surface area (Å²) in [5.41, 5.74) is 5.79. The summed E-state index contributed by atoms with van der Waals surface area (Å²) in [5.74, 6) is 0.354. The van der Waals surface area contributed by atoms with Crippen LogP contribution in [0.15, 0.2) is 24.3 Å². The predicted octanol–water partition coefficient (Wildman–Crippen LogP) is 1.72. The van der Waals surface area contributed by atoms with Crippen LogP contribution in [0, 0.1) is 15.5 Å². The Bertz CT molecular complexity index is 367. The van der Waals surface area contributed by atoms with Gasteiger partial charge in [-0.1, -0.05) is 30.0 Å². The maximum absolute atomic E-state index is 10.6. The standard InChI is InChI=1S/C8H9N3O2S/c9-8(10)14-5-6-3-1-2-4-7(6)11(12)13/h1-4H,5H2,(H3,9,10). The lowest BCUT2D eigenvalue weighted by atomic mass is 10.2. The molecule has 14 heavy (non-hydrogen) atoms. The highest BCUT2D eigenvalue weighted by Gasteiger charge is 2.11. The van der Waals surface area contributed by atoms with Crippen LogP contribution in [-0.4, -0.2) is 10.1 Å². The highest BCUT2D eigenvalue weighted by molar-refractivity contribution is 8.13. The number of nitrogens with zero attached hydrogens (tertiary/aromatic N) is 1. The second-order valence-electron chi connectivity index (χ2n) is 2.54. The Balaban J connectivity index is 2.84. The van der Waals surface area contributed by atoms with Crippen LogP contribution >= 0.6 is 11.8 Å². The van der Waals surface area contributed by atoms with Crippen molar-refractivity contribution in [3.63, 3.8) is 0 Å². The first kappa shape index (κ1) is 10.5. The minimum Gasteiger partial charge on any atom is -0.379 e. The zero-order valence-electron chi connectivity index (χ0n) is 7.27. The second kappa shape index (κ2) is 4.61. The van der Waals surface area contributed by atoms with Gasteiger partial charge in [-0.15, -0.1) is 0 Å². The van der Waals surface area contributed by atoms with Crippen molar-refractivity contribution < 1.29 is 4.92 Å². The third kappa shape index (κ3) is 2.74. The molecule has 0 heterocycles. The van der Waals surface area contributed by atoms with Crippen molar-refractivity contribution in [3.05, 3.63) is 39.9 Å².